The minimum Gasteiger partial charge on any atom is -0.399 e. The lowest BCUT2D eigenvalue weighted by atomic mass is 10.1. The number of nitrogens with two attached hydrogens (primary N) is 1. The van der Waals surface area contributed by atoms with Crippen LogP contribution >= 0.6 is 11.3 Å². The fraction of sp³-hybridized carbons (Fsp3) is 0.118. The third-order valence-corrected chi connectivity index (χ3v) is 4.66. The van der Waals surface area contributed by atoms with Crippen LogP contribution < -0.4 is 11.1 Å². The van der Waals surface area contributed by atoms with Gasteiger partial charge in [0.25, 0.3) is 0 Å². The number of rotatable bonds is 2. The lowest BCUT2D eigenvalue weighted by molar-refractivity contribution is 0.964. The van der Waals surface area contributed by atoms with Gasteiger partial charge < -0.3 is 11.1 Å². The number of nitrogen functional groups attached to an aromatic ring is 1. The van der Waals surface area contributed by atoms with Gasteiger partial charge in [-0.05, 0) is 48.6 Å². The van der Waals surface area contributed by atoms with Crippen LogP contribution in [0.4, 0.5) is 11.5 Å². The van der Waals surface area contributed by atoms with Crippen LogP contribution in [0.3, 0.4) is 0 Å². The highest BCUT2D eigenvalue weighted by Gasteiger charge is 2.11. The van der Waals surface area contributed by atoms with Crippen molar-refractivity contribution in [3.8, 4) is 0 Å². The molecule has 1 aliphatic carbocycles. The van der Waals surface area contributed by atoms with Crippen molar-refractivity contribution in [3.05, 3.63) is 53.6 Å². The number of hydrogen-bond donors (Lipinski definition) is 2. The van der Waals surface area contributed by atoms with Gasteiger partial charge >= 0.3 is 0 Å². The van der Waals surface area contributed by atoms with Crippen molar-refractivity contribution in [2.24, 2.45) is 0 Å². The van der Waals surface area contributed by atoms with E-state index in [1.807, 2.05) is 12.1 Å². The highest BCUT2D eigenvalue weighted by Crippen LogP contribution is 2.35. The molecule has 1 aliphatic rings. The zero-order chi connectivity index (χ0) is 14.2. The van der Waals surface area contributed by atoms with Crippen molar-refractivity contribution in [2.75, 3.05) is 11.1 Å². The van der Waals surface area contributed by atoms with Crippen LogP contribution in [0.5, 0.6) is 0 Å². The average molecular weight is 293 g/mol. The Hall–Kier alpha value is -2.33. The minimum absolute atomic E-state index is 0.747. The number of aromatic nitrogens is 1. The first-order valence-corrected chi connectivity index (χ1v) is 7.88. The average Bonchev–Trinajstić information content (AvgIpc) is 2.98. The third kappa shape index (κ3) is 2.17. The summed E-state index contributed by atoms with van der Waals surface area (Å²) in [5.74, 6) is 0.922. The van der Waals surface area contributed by atoms with E-state index in [4.69, 9.17) is 10.7 Å². The van der Waals surface area contributed by atoms with Crippen molar-refractivity contribution in [2.45, 2.75) is 12.8 Å². The molecule has 0 amide bonds. The predicted molar refractivity (Wildman–Crippen MR) is 91.6 cm³/mol. The van der Waals surface area contributed by atoms with E-state index in [0.717, 1.165) is 35.2 Å². The maximum Gasteiger partial charge on any atom is 0.139 e. The van der Waals surface area contributed by atoms with Crippen LogP contribution in [0.15, 0.2) is 53.6 Å². The van der Waals surface area contributed by atoms with Crippen LogP contribution in [0.2, 0.25) is 0 Å². The first-order chi connectivity index (χ1) is 10.3. The Balaban J connectivity index is 1.91. The zero-order valence-corrected chi connectivity index (χ0v) is 12.3. The SMILES string of the molecule is Nc1ccc2c(c1)nc(NC1=CC=CCC1)c1ccsc12. The molecule has 0 radical (unpaired) electrons. The summed E-state index contributed by atoms with van der Waals surface area (Å²) in [6.07, 6.45) is 8.49. The molecular formula is C17H15N3S. The van der Waals surface area contributed by atoms with Crippen LogP contribution in [0.25, 0.3) is 21.0 Å². The second-order valence-electron chi connectivity index (χ2n) is 5.18. The molecule has 0 bridgehead atoms. The molecule has 1 aromatic carbocycles. The van der Waals surface area contributed by atoms with Gasteiger partial charge in [-0.2, -0.15) is 0 Å². The van der Waals surface area contributed by atoms with E-state index < -0.39 is 0 Å². The first-order valence-electron chi connectivity index (χ1n) is 7.00. The Kier molecular flexibility index (Phi) is 2.89. The number of fused-ring (bicyclic) bond motifs is 3. The Morgan fingerprint density at radius 2 is 2.14 bits per heavy atom. The molecular weight excluding hydrogens is 278 g/mol. The number of pyridine rings is 1. The molecule has 0 atom stereocenters. The number of anilines is 2. The van der Waals surface area contributed by atoms with E-state index in [1.54, 1.807) is 11.3 Å². The summed E-state index contributed by atoms with van der Waals surface area (Å²) in [6, 6.07) is 8.06. The number of hydrogen-bond acceptors (Lipinski definition) is 4. The molecule has 21 heavy (non-hydrogen) atoms. The summed E-state index contributed by atoms with van der Waals surface area (Å²) in [5, 5.41) is 7.94. The Labute approximate surface area is 126 Å². The monoisotopic (exact) mass is 293 g/mol. The van der Waals surface area contributed by atoms with Gasteiger partial charge in [-0.25, -0.2) is 4.98 Å². The minimum atomic E-state index is 0.747. The van der Waals surface area contributed by atoms with E-state index in [-0.39, 0.29) is 0 Å². The van der Waals surface area contributed by atoms with E-state index in [9.17, 15) is 0 Å². The normalized spacial score (nSPS) is 14.6. The highest BCUT2D eigenvalue weighted by atomic mass is 32.1. The summed E-state index contributed by atoms with van der Waals surface area (Å²) in [6.45, 7) is 0. The van der Waals surface area contributed by atoms with Crippen LogP contribution in [-0.2, 0) is 0 Å². The first kappa shape index (κ1) is 12.4. The molecule has 2 heterocycles. The number of thiophene rings is 1. The molecule has 0 saturated heterocycles. The van der Waals surface area contributed by atoms with E-state index >= 15 is 0 Å². The lowest BCUT2D eigenvalue weighted by Crippen LogP contribution is -2.03. The summed E-state index contributed by atoms with van der Waals surface area (Å²) in [7, 11) is 0. The number of nitrogens with zero attached hydrogens (tertiary/aromatic N) is 1. The Morgan fingerprint density at radius 1 is 1.19 bits per heavy atom. The summed E-state index contributed by atoms with van der Waals surface area (Å²) in [4.78, 5) is 4.78. The van der Waals surface area contributed by atoms with Gasteiger partial charge in [0.15, 0.2) is 0 Å². The van der Waals surface area contributed by atoms with E-state index in [2.05, 4.69) is 41.1 Å². The molecule has 0 unspecified atom stereocenters. The topological polar surface area (TPSA) is 50.9 Å². The quantitative estimate of drug-likeness (QED) is 0.675. The lowest BCUT2D eigenvalue weighted by Gasteiger charge is -2.13. The van der Waals surface area contributed by atoms with Crippen molar-refractivity contribution >= 4 is 43.8 Å². The van der Waals surface area contributed by atoms with Gasteiger partial charge in [0, 0.05) is 26.9 Å². The molecule has 3 N–H and O–H groups in total. The van der Waals surface area contributed by atoms with Gasteiger partial charge in [0.1, 0.15) is 5.82 Å². The maximum absolute atomic E-state index is 5.90. The van der Waals surface area contributed by atoms with Crippen molar-refractivity contribution < 1.29 is 0 Å². The fourth-order valence-electron chi connectivity index (χ4n) is 2.67. The van der Waals surface area contributed by atoms with Crippen LogP contribution in [0.1, 0.15) is 12.8 Å². The molecule has 4 heteroatoms. The molecule has 3 aromatic rings. The second kappa shape index (κ2) is 4.90. The summed E-state index contributed by atoms with van der Waals surface area (Å²) in [5.41, 5.74) is 8.80. The van der Waals surface area contributed by atoms with Crippen molar-refractivity contribution in [3.63, 3.8) is 0 Å². The molecule has 0 aliphatic heterocycles. The van der Waals surface area contributed by atoms with Gasteiger partial charge in [-0.15, -0.1) is 11.3 Å². The van der Waals surface area contributed by atoms with Crippen LogP contribution in [-0.4, -0.2) is 4.98 Å². The van der Waals surface area contributed by atoms with Crippen molar-refractivity contribution in [1.82, 2.24) is 4.98 Å². The summed E-state index contributed by atoms with van der Waals surface area (Å²) < 4.78 is 1.26. The van der Waals surface area contributed by atoms with E-state index in [0.29, 0.717) is 0 Å². The number of benzene rings is 1. The fourth-order valence-corrected chi connectivity index (χ4v) is 3.60. The number of nitrogens with one attached hydrogen (secondary N) is 1. The number of allylic oxidation sites excluding steroid dienone is 4. The second-order valence-corrected chi connectivity index (χ2v) is 6.10. The predicted octanol–water partition coefficient (Wildman–Crippen LogP) is 4.68. The van der Waals surface area contributed by atoms with Gasteiger partial charge in [0.05, 0.1) is 5.52 Å². The van der Waals surface area contributed by atoms with Crippen LogP contribution in [0, 0.1) is 0 Å². The molecule has 0 saturated carbocycles. The standard InChI is InChI=1S/C17H15N3S/c18-11-6-7-13-15(10-11)20-17(14-8-9-21-16(13)14)19-12-4-2-1-3-5-12/h1-2,4,6-10H,3,5,18H2,(H,19,20). The third-order valence-electron chi connectivity index (χ3n) is 3.71. The largest absolute Gasteiger partial charge is 0.399 e. The Morgan fingerprint density at radius 3 is 3.00 bits per heavy atom. The molecule has 2 aromatic heterocycles. The molecule has 0 spiro atoms. The smallest absolute Gasteiger partial charge is 0.139 e. The van der Waals surface area contributed by atoms with Crippen molar-refractivity contribution in [1.29, 1.82) is 0 Å². The van der Waals surface area contributed by atoms with Gasteiger partial charge in [0.2, 0.25) is 0 Å². The Bertz CT molecular complexity index is 890. The van der Waals surface area contributed by atoms with Gasteiger partial charge in [-0.1, -0.05) is 12.2 Å². The van der Waals surface area contributed by atoms with Gasteiger partial charge in [-0.3, -0.25) is 0 Å². The molecule has 4 rings (SSSR count). The zero-order valence-electron chi connectivity index (χ0n) is 11.5. The molecule has 0 fully saturated rings. The maximum atomic E-state index is 5.90. The summed E-state index contributed by atoms with van der Waals surface area (Å²) >= 11 is 1.74. The van der Waals surface area contributed by atoms with E-state index in [1.165, 1.54) is 15.8 Å². The molecule has 3 nitrogen and oxygen atoms in total. The highest BCUT2D eigenvalue weighted by molar-refractivity contribution is 7.18. The molecule has 104 valence electrons.